The first kappa shape index (κ1) is 30.3. The first-order valence-electron chi connectivity index (χ1n) is 11.7. The van der Waals surface area contributed by atoms with Crippen molar-refractivity contribution in [3.63, 3.8) is 0 Å². The molecule has 0 radical (unpaired) electrons. The van der Waals surface area contributed by atoms with Crippen molar-refractivity contribution in [3.05, 3.63) is 71.8 Å². The van der Waals surface area contributed by atoms with E-state index < -0.39 is 6.10 Å². The molecule has 0 aromatic heterocycles. The minimum Gasteiger partial charge on any atom is -1.00 e. The van der Waals surface area contributed by atoms with E-state index in [1.807, 2.05) is 60.7 Å². The van der Waals surface area contributed by atoms with E-state index in [1.165, 1.54) is 0 Å². The summed E-state index contributed by atoms with van der Waals surface area (Å²) in [6.07, 6.45) is 3.20. The summed E-state index contributed by atoms with van der Waals surface area (Å²) < 4.78 is 21.7. The number of ether oxygens (including phenoxy) is 4. The summed E-state index contributed by atoms with van der Waals surface area (Å²) in [5.74, 6) is -0.561. The van der Waals surface area contributed by atoms with Gasteiger partial charge in [-0.3, -0.25) is 9.59 Å². The quantitative estimate of drug-likeness (QED) is 0.197. The molecule has 1 unspecified atom stereocenters. The van der Waals surface area contributed by atoms with Crippen LogP contribution >= 0.6 is 0 Å². The van der Waals surface area contributed by atoms with Crippen LogP contribution in [0, 0.1) is 0 Å². The van der Waals surface area contributed by atoms with Gasteiger partial charge in [-0.2, -0.15) is 0 Å². The average Bonchev–Trinajstić information content (AvgIpc) is 2.83. The van der Waals surface area contributed by atoms with Crippen LogP contribution in [0.4, 0.5) is 0 Å². The normalized spacial score (nSPS) is 11.3. The summed E-state index contributed by atoms with van der Waals surface area (Å²) in [5.41, 5.74) is 2.27. The van der Waals surface area contributed by atoms with E-state index in [2.05, 4.69) is 0 Å². The summed E-state index contributed by atoms with van der Waals surface area (Å²) in [6, 6.07) is 20.0. The molecular weight excluding hydrogens is 443 g/mol. The SMILES string of the molecule is CC(COC(=O)CCCCOCc1ccccc1)OC(=O)CCCCOCc1ccccc1.[H-].[Na+]. The van der Waals surface area contributed by atoms with Crippen molar-refractivity contribution in [1.82, 2.24) is 0 Å². The molecule has 0 bridgehead atoms. The molecule has 0 fully saturated rings. The van der Waals surface area contributed by atoms with E-state index >= 15 is 0 Å². The van der Waals surface area contributed by atoms with Crippen LogP contribution < -0.4 is 29.6 Å². The van der Waals surface area contributed by atoms with Crippen LogP contribution in [0.5, 0.6) is 0 Å². The van der Waals surface area contributed by atoms with E-state index in [9.17, 15) is 9.59 Å². The zero-order valence-electron chi connectivity index (χ0n) is 21.6. The fourth-order valence-electron chi connectivity index (χ4n) is 3.08. The number of rotatable bonds is 17. The first-order chi connectivity index (χ1) is 16.1. The standard InChI is InChI=1S/C27H36O6.Na.H/c1-23(33-27(29)17-9-11-19-31-22-25-14-6-3-7-15-25)20-32-26(28)16-8-10-18-30-21-24-12-4-2-5-13-24;;/h2-7,12-15,23H,8-11,16-22H2,1H3;;/q;+1;-1. The van der Waals surface area contributed by atoms with Crippen LogP contribution in [0.15, 0.2) is 60.7 Å². The van der Waals surface area contributed by atoms with E-state index in [-0.39, 0.29) is 49.5 Å². The number of hydrogen-bond acceptors (Lipinski definition) is 6. The largest absolute Gasteiger partial charge is 1.00 e. The minimum absolute atomic E-state index is 0. The van der Waals surface area contributed by atoms with Crippen molar-refractivity contribution in [2.45, 2.75) is 64.8 Å². The Kier molecular flexibility index (Phi) is 17.5. The Balaban J connectivity index is 0.00000578. The molecule has 0 aliphatic heterocycles. The Bertz CT molecular complexity index is 791. The molecule has 0 saturated carbocycles. The van der Waals surface area contributed by atoms with Crippen molar-refractivity contribution >= 4 is 11.9 Å². The van der Waals surface area contributed by atoms with Gasteiger partial charge >= 0.3 is 41.5 Å². The molecule has 1 atom stereocenters. The van der Waals surface area contributed by atoms with Gasteiger partial charge in [0.05, 0.1) is 13.2 Å². The molecule has 2 rings (SSSR count). The van der Waals surface area contributed by atoms with Crippen LogP contribution in [-0.2, 0) is 41.8 Å². The maximum Gasteiger partial charge on any atom is 1.00 e. The first-order valence-corrected chi connectivity index (χ1v) is 11.7. The molecule has 7 heteroatoms. The summed E-state index contributed by atoms with van der Waals surface area (Å²) in [4.78, 5) is 23.8. The smallest absolute Gasteiger partial charge is 1.00 e. The van der Waals surface area contributed by atoms with Gasteiger partial charge in [-0.1, -0.05) is 60.7 Å². The van der Waals surface area contributed by atoms with Crippen molar-refractivity contribution in [2.24, 2.45) is 0 Å². The second kappa shape index (κ2) is 19.6. The van der Waals surface area contributed by atoms with Gasteiger partial charge in [0, 0.05) is 26.1 Å². The Morgan fingerprint density at radius 2 is 1.21 bits per heavy atom. The van der Waals surface area contributed by atoms with E-state index in [0.29, 0.717) is 52.1 Å². The fraction of sp³-hybridized carbons (Fsp3) is 0.481. The van der Waals surface area contributed by atoms with Crippen LogP contribution in [0.1, 0.15) is 58.0 Å². The molecular formula is C27H37NaO6. The van der Waals surface area contributed by atoms with Gasteiger partial charge in [0.25, 0.3) is 0 Å². The summed E-state index contributed by atoms with van der Waals surface area (Å²) in [6.45, 7) is 4.17. The van der Waals surface area contributed by atoms with E-state index in [0.717, 1.165) is 24.0 Å². The Morgan fingerprint density at radius 3 is 1.71 bits per heavy atom. The number of unbranched alkanes of at least 4 members (excludes halogenated alkanes) is 2. The second-order valence-electron chi connectivity index (χ2n) is 7.97. The van der Waals surface area contributed by atoms with Crippen LogP contribution in [0.3, 0.4) is 0 Å². The minimum atomic E-state index is -0.454. The maximum absolute atomic E-state index is 11.9. The third-order valence-electron chi connectivity index (χ3n) is 4.87. The molecule has 0 spiro atoms. The van der Waals surface area contributed by atoms with E-state index in [1.54, 1.807) is 6.92 Å². The zero-order chi connectivity index (χ0) is 23.6. The second-order valence-corrected chi connectivity index (χ2v) is 7.97. The number of carbonyl (C=O) groups excluding carboxylic acids is 2. The third kappa shape index (κ3) is 15.3. The monoisotopic (exact) mass is 480 g/mol. The van der Waals surface area contributed by atoms with Gasteiger partial charge in [0.15, 0.2) is 0 Å². The Morgan fingerprint density at radius 1 is 0.735 bits per heavy atom. The van der Waals surface area contributed by atoms with Gasteiger partial charge in [0.1, 0.15) is 12.7 Å². The van der Waals surface area contributed by atoms with Gasteiger partial charge in [-0.05, 0) is 43.7 Å². The molecule has 0 aliphatic rings. The molecule has 0 heterocycles. The molecule has 34 heavy (non-hydrogen) atoms. The van der Waals surface area contributed by atoms with Crippen LogP contribution in [0.2, 0.25) is 0 Å². The molecule has 6 nitrogen and oxygen atoms in total. The average molecular weight is 481 g/mol. The van der Waals surface area contributed by atoms with Crippen molar-refractivity contribution in [2.75, 3.05) is 19.8 Å². The third-order valence-corrected chi connectivity index (χ3v) is 4.87. The molecule has 2 aromatic rings. The molecule has 0 saturated heterocycles. The number of carbonyl (C=O) groups is 2. The molecule has 0 amide bonds. The number of hydrogen-bond donors (Lipinski definition) is 0. The molecule has 0 aliphatic carbocycles. The van der Waals surface area contributed by atoms with Crippen LogP contribution in [0.25, 0.3) is 0 Å². The Hall–Kier alpha value is -1.70. The number of benzene rings is 2. The zero-order valence-corrected chi connectivity index (χ0v) is 22.6. The van der Waals surface area contributed by atoms with Gasteiger partial charge in [0.2, 0.25) is 0 Å². The molecule has 182 valence electrons. The molecule has 0 N–H and O–H groups in total. The molecule has 2 aromatic carbocycles. The summed E-state index contributed by atoms with van der Waals surface area (Å²) in [7, 11) is 0. The van der Waals surface area contributed by atoms with Crippen molar-refractivity contribution in [1.29, 1.82) is 0 Å². The summed E-state index contributed by atoms with van der Waals surface area (Å²) in [5, 5.41) is 0. The maximum atomic E-state index is 11.9. The van der Waals surface area contributed by atoms with Gasteiger partial charge in [-0.25, -0.2) is 0 Å². The summed E-state index contributed by atoms with van der Waals surface area (Å²) >= 11 is 0. The van der Waals surface area contributed by atoms with Crippen molar-refractivity contribution < 1.29 is 59.5 Å². The predicted octanol–water partition coefficient (Wildman–Crippen LogP) is 2.35. The van der Waals surface area contributed by atoms with E-state index in [4.69, 9.17) is 18.9 Å². The van der Waals surface area contributed by atoms with Gasteiger partial charge < -0.3 is 20.4 Å². The predicted molar refractivity (Wildman–Crippen MR) is 128 cm³/mol. The Labute approximate surface area is 227 Å². The van der Waals surface area contributed by atoms with Gasteiger partial charge in [-0.15, -0.1) is 0 Å². The topological polar surface area (TPSA) is 71.1 Å². The number of esters is 2. The van der Waals surface area contributed by atoms with Crippen molar-refractivity contribution in [3.8, 4) is 0 Å². The fourth-order valence-corrected chi connectivity index (χ4v) is 3.08. The van der Waals surface area contributed by atoms with Crippen LogP contribution in [-0.4, -0.2) is 37.9 Å².